The molecule has 1 aromatic carbocycles. The number of aliphatic hydroxyl groups is 1. The van der Waals surface area contributed by atoms with Crippen LogP contribution >= 0.6 is 45.2 Å². The summed E-state index contributed by atoms with van der Waals surface area (Å²) in [7, 11) is 1.67. The number of nitrogens with zero attached hydrogens (tertiary/aromatic N) is 1. The minimum atomic E-state index is -0.769. The van der Waals surface area contributed by atoms with E-state index in [1.54, 1.807) is 13.1 Å². The lowest BCUT2D eigenvalue weighted by atomic mass is 10.0. The van der Waals surface area contributed by atoms with Crippen LogP contribution in [0.1, 0.15) is 36.0 Å². The molecule has 0 spiro atoms. The zero-order valence-electron chi connectivity index (χ0n) is 11.2. The normalized spacial score (nSPS) is 17.2. The van der Waals surface area contributed by atoms with Gasteiger partial charge in [-0.2, -0.15) is 0 Å². The zero-order valence-corrected chi connectivity index (χ0v) is 15.5. The fourth-order valence-corrected chi connectivity index (χ4v) is 4.48. The lowest BCUT2D eigenvalue weighted by Crippen LogP contribution is -2.42. The van der Waals surface area contributed by atoms with E-state index in [4.69, 9.17) is 0 Å². The first-order valence-electron chi connectivity index (χ1n) is 6.48. The Balaban J connectivity index is 2.18. The van der Waals surface area contributed by atoms with E-state index in [2.05, 4.69) is 22.6 Å². The highest BCUT2D eigenvalue weighted by Crippen LogP contribution is 2.32. The Morgan fingerprint density at radius 3 is 2.55 bits per heavy atom. The fourth-order valence-electron chi connectivity index (χ4n) is 2.64. The second-order valence-electron chi connectivity index (χ2n) is 5.38. The number of aromatic hydroxyl groups is 1. The summed E-state index contributed by atoms with van der Waals surface area (Å²) in [5.74, 6) is -0.236. The molecule has 6 heteroatoms. The maximum absolute atomic E-state index is 12.4. The first-order valence-corrected chi connectivity index (χ1v) is 8.64. The SMILES string of the molecule is CN(CC1(O)CCCC1)C(=O)c1cc(I)cc(I)c1O. The lowest BCUT2D eigenvalue weighted by Gasteiger charge is -2.29. The second-order valence-corrected chi connectivity index (χ2v) is 7.78. The van der Waals surface area contributed by atoms with Gasteiger partial charge in [0.05, 0.1) is 14.7 Å². The number of benzene rings is 1. The molecule has 0 atom stereocenters. The summed E-state index contributed by atoms with van der Waals surface area (Å²) in [6.07, 6.45) is 3.48. The van der Waals surface area contributed by atoms with Crippen LogP contribution in [-0.4, -0.2) is 40.2 Å². The molecule has 1 amide bonds. The summed E-state index contributed by atoms with van der Waals surface area (Å²) in [6.45, 7) is 0.313. The molecular formula is C14H17I2NO3. The summed E-state index contributed by atoms with van der Waals surface area (Å²) < 4.78 is 1.56. The van der Waals surface area contributed by atoms with E-state index >= 15 is 0 Å². The average molecular weight is 501 g/mol. The average Bonchev–Trinajstić information content (AvgIpc) is 2.79. The Morgan fingerprint density at radius 1 is 1.35 bits per heavy atom. The topological polar surface area (TPSA) is 60.8 Å². The summed E-state index contributed by atoms with van der Waals surface area (Å²) >= 11 is 4.13. The van der Waals surface area contributed by atoms with Crippen molar-refractivity contribution in [2.45, 2.75) is 31.3 Å². The van der Waals surface area contributed by atoms with Crippen LogP contribution in [0.4, 0.5) is 0 Å². The van der Waals surface area contributed by atoms with E-state index in [1.165, 1.54) is 4.90 Å². The molecule has 1 aromatic rings. The molecular weight excluding hydrogens is 484 g/mol. The van der Waals surface area contributed by atoms with Crippen LogP contribution in [0, 0.1) is 7.14 Å². The van der Waals surface area contributed by atoms with Gasteiger partial charge in [0, 0.05) is 17.2 Å². The standard InChI is InChI=1S/C14H17I2NO3/c1-17(8-14(20)4-2-3-5-14)13(19)10-6-9(15)7-11(16)12(10)18/h6-7,18,20H,2-5,8H2,1H3. The molecule has 1 aliphatic carbocycles. The molecule has 0 saturated heterocycles. The van der Waals surface area contributed by atoms with Gasteiger partial charge >= 0.3 is 0 Å². The molecule has 4 nitrogen and oxygen atoms in total. The Labute approximate surface area is 145 Å². The lowest BCUT2D eigenvalue weighted by molar-refractivity contribution is 0.0155. The van der Waals surface area contributed by atoms with Gasteiger partial charge < -0.3 is 15.1 Å². The van der Waals surface area contributed by atoms with Gasteiger partial charge in [-0.3, -0.25) is 4.79 Å². The van der Waals surface area contributed by atoms with Crippen molar-refractivity contribution in [2.24, 2.45) is 0 Å². The van der Waals surface area contributed by atoms with E-state index in [0.29, 0.717) is 15.7 Å². The quantitative estimate of drug-likeness (QED) is 0.627. The molecule has 1 aliphatic rings. The highest BCUT2D eigenvalue weighted by molar-refractivity contribution is 14.1. The second kappa shape index (κ2) is 6.35. The van der Waals surface area contributed by atoms with Gasteiger partial charge in [-0.15, -0.1) is 0 Å². The Morgan fingerprint density at radius 2 is 1.95 bits per heavy atom. The molecule has 2 N–H and O–H groups in total. The smallest absolute Gasteiger partial charge is 0.257 e. The molecule has 0 unspecified atom stereocenters. The summed E-state index contributed by atoms with van der Waals surface area (Å²) in [5, 5.41) is 20.4. The molecule has 0 heterocycles. The van der Waals surface area contributed by atoms with Gasteiger partial charge in [-0.25, -0.2) is 0 Å². The number of likely N-dealkylation sites (N-methyl/N-ethyl adjacent to an activating group) is 1. The number of rotatable bonds is 3. The molecule has 0 bridgehead atoms. The number of phenols is 1. The van der Waals surface area contributed by atoms with Crippen molar-refractivity contribution in [1.82, 2.24) is 4.90 Å². The number of carbonyl (C=O) groups is 1. The Kier molecular flexibility index (Phi) is 5.17. The monoisotopic (exact) mass is 501 g/mol. The first kappa shape index (κ1) is 16.3. The third-order valence-corrected chi connectivity index (χ3v) is 5.12. The van der Waals surface area contributed by atoms with Crippen molar-refractivity contribution in [3.63, 3.8) is 0 Å². The van der Waals surface area contributed by atoms with Gasteiger partial charge in [-0.1, -0.05) is 12.8 Å². The third kappa shape index (κ3) is 3.56. The molecule has 2 rings (SSSR count). The van der Waals surface area contributed by atoms with E-state index in [0.717, 1.165) is 29.3 Å². The third-order valence-electron chi connectivity index (χ3n) is 3.67. The number of carbonyl (C=O) groups excluding carboxylic acids is 1. The number of hydrogen-bond acceptors (Lipinski definition) is 3. The number of halogens is 2. The molecule has 0 radical (unpaired) electrons. The zero-order chi connectivity index (χ0) is 14.9. The highest BCUT2D eigenvalue weighted by Gasteiger charge is 2.34. The van der Waals surface area contributed by atoms with Crippen LogP contribution in [0.15, 0.2) is 12.1 Å². The first-order chi connectivity index (χ1) is 9.32. The van der Waals surface area contributed by atoms with Gasteiger partial charge in [-0.05, 0) is 70.2 Å². The number of phenolic OH excluding ortho intramolecular Hbond substituents is 1. The number of amides is 1. The van der Waals surface area contributed by atoms with Crippen LogP contribution in [0.5, 0.6) is 5.75 Å². The highest BCUT2D eigenvalue weighted by atomic mass is 127. The minimum Gasteiger partial charge on any atom is -0.506 e. The number of hydrogen-bond donors (Lipinski definition) is 2. The largest absolute Gasteiger partial charge is 0.506 e. The molecule has 20 heavy (non-hydrogen) atoms. The molecule has 110 valence electrons. The predicted octanol–water partition coefficient (Wildman–Crippen LogP) is 2.98. The maximum Gasteiger partial charge on any atom is 0.257 e. The van der Waals surface area contributed by atoms with Crippen molar-refractivity contribution in [1.29, 1.82) is 0 Å². The molecule has 0 aromatic heterocycles. The molecule has 1 saturated carbocycles. The van der Waals surface area contributed by atoms with Crippen LogP contribution in [0.2, 0.25) is 0 Å². The van der Waals surface area contributed by atoms with E-state index in [-0.39, 0.29) is 11.7 Å². The maximum atomic E-state index is 12.4. The van der Waals surface area contributed by atoms with Crippen molar-refractivity contribution >= 4 is 51.1 Å². The van der Waals surface area contributed by atoms with Crippen LogP contribution in [0.25, 0.3) is 0 Å². The van der Waals surface area contributed by atoms with Crippen molar-refractivity contribution in [3.05, 3.63) is 24.8 Å². The fraction of sp³-hybridized carbons (Fsp3) is 0.500. The summed E-state index contributed by atoms with van der Waals surface area (Å²) in [4.78, 5) is 14.0. The van der Waals surface area contributed by atoms with Crippen molar-refractivity contribution < 1.29 is 15.0 Å². The van der Waals surface area contributed by atoms with Gasteiger partial charge in [0.2, 0.25) is 0 Å². The van der Waals surface area contributed by atoms with Crippen LogP contribution in [-0.2, 0) is 0 Å². The van der Waals surface area contributed by atoms with E-state index < -0.39 is 5.60 Å². The van der Waals surface area contributed by atoms with E-state index in [1.807, 2.05) is 28.7 Å². The minimum absolute atomic E-state index is 0.0151. The molecule has 1 fully saturated rings. The van der Waals surface area contributed by atoms with Crippen molar-refractivity contribution in [2.75, 3.05) is 13.6 Å². The van der Waals surface area contributed by atoms with Crippen LogP contribution < -0.4 is 0 Å². The van der Waals surface area contributed by atoms with Gasteiger partial charge in [0.25, 0.3) is 5.91 Å². The summed E-state index contributed by atoms with van der Waals surface area (Å²) in [5.41, 5.74) is -0.472. The van der Waals surface area contributed by atoms with Crippen molar-refractivity contribution in [3.8, 4) is 5.75 Å². The predicted molar refractivity (Wildman–Crippen MR) is 93.9 cm³/mol. The van der Waals surface area contributed by atoms with Crippen LogP contribution in [0.3, 0.4) is 0 Å². The van der Waals surface area contributed by atoms with E-state index in [9.17, 15) is 15.0 Å². The van der Waals surface area contributed by atoms with Gasteiger partial charge in [0.1, 0.15) is 5.75 Å². The molecule has 0 aliphatic heterocycles. The van der Waals surface area contributed by atoms with Gasteiger partial charge in [0.15, 0.2) is 0 Å². The summed E-state index contributed by atoms with van der Waals surface area (Å²) in [6, 6.07) is 3.49. The Hall–Kier alpha value is -0.0900. The Bertz CT molecular complexity index is 527.